The van der Waals surface area contributed by atoms with Gasteiger partial charge in [-0.25, -0.2) is 0 Å². The van der Waals surface area contributed by atoms with Crippen LogP contribution in [0.3, 0.4) is 0 Å². The lowest BCUT2D eigenvalue weighted by atomic mass is 9.93. The van der Waals surface area contributed by atoms with Crippen molar-refractivity contribution < 1.29 is 0 Å². The summed E-state index contributed by atoms with van der Waals surface area (Å²) < 4.78 is 2.07. The molecule has 1 aromatic rings. The molecule has 1 saturated carbocycles. The highest BCUT2D eigenvalue weighted by Gasteiger charge is 2.29. The fourth-order valence-electron chi connectivity index (χ4n) is 3.12. The van der Waals surface area contributed by atoms with Gasteiger partial charge < -0.3 is 5.32 Å². The van der Waals surface area contributed by atoms with Crippen molar-refractivity contribution in [2.24, 2.45) is 11.8 Å². The summed E-state index contributed by atoms with van der Waals surface area (Å²) in [5, 5.41) is 7.92. The van der Waals surface area contributed by atoms with E-state index in [1.54, 1.807) is 0 Å². The first-order valence-electron chi connectivity index (χ1n) is 6.94. The van der Waals surface area contributed by atoms with Crippen molar-refractivity contribution in [1.82, 2.24) is 15.1 Å². The maximum absolute atomic E-state index is 4.44. The third-order valence-electron chi connectivity index (χ3n) is 3.98. The molecule has 1 heterocycles. The molecular weight excluding hydrogens is 210 g/mol. The van der Waals surface area contributed by atoms with Gasteiger partial charge in [0.1, 0.15) is 0 Å². The molecule has 0 bridgehead atoms. The van der Waals surface area contributed by atoms with E-state index < -0.39 is 0 Å². The van der Waals surface area contributed by atoms with Crippen LogP contribution in [0.2, 0.25) is 0 Å². The SMILES string of the molecule is CCCn1cc(C(NC)C2CCC(C)C2)cn1. The number of hydrogen-bond acceptors (Lipinski definition) is 2. The van der Waals surface area contributed by atoms with Gasteiger partial charge in [0.05, 0.1) is 6.20 Å². The Labute approximate surface area is 105 Å². The fraction of sp³-hybridized carbons (Fsp3) is 0.786. The van der Waals surface area contributed by atoms with Gasteiger partial charge in [0, 0.05) is 24.3 Å². The van der Waals surface area contributed by atoms with E-state index in [1.807, 2.05) is 6.20 Å². The molecule has 1 aliphatic carbocycles. The van der Waals surface area contributed by atoms with E-state index in [2.05, 4.69) is 42.2 Å². The maximum Gasteiger partial charge on any atom is 0.0537 e. The molecule has 3 nitrogen and oxygen atoms in total. The Morgan fingerprint density at radius 1 is 1.53 bits per heavy atom. The first-order valence-corrected chi connectivity index (χ1v) is 6.94. The largest absolute Gasteiger partial charge is 0.313 e. The minimum absolute atomic E-state index is 0.491. The van der Waals surface area contributed by atoms with Crippen molar-refractivity contribution in [3.63, 3.8) is 0 Å². The Bertz CT molecular complexity index is 345. The van der Waals surface area contributed by atoms with E-state index in [-0.39, 0.29) is 0 Å². The molecule has 17 heavy (non-hydrogen) atoms. The van der Waals surface area contributed by atoms with Gasteiger partial charge in [-0.3, -0.25) is 4.68 Å². The lowest BCUT2D eigenvalue weighted by Crippen LogP contribution is -2.23. The lowest BCUT2D eigenvalue weighted by Gasteiger charge is -2.21. The summed E-state index contributed by atoms with van der Waals surface area (Å²) in [7, 11) is 2.07. The van der Waals surface area contributed by atoms with Crippen LogP contribution in [0.15, 0.2) is 12.4 Å². The van der Waals surface area contributed by atoms with Gasteiger partial charge in [-0.1, -0.05) is 20.3 Å². The number of aromatic nitrogens is 2. The molecule has 1 aromatic heterocycles. The van der Waals surface area contributed by atoms with Crippen LogP contribution in [0.5, 0.6) is 0 Å². The molecule has 0 radical (unpaired) electrons. The van der Waals surface area contributed by atoms with Crippen molar-refractivity contribution in [2.45, 2.75) is 52.1 Å². The molecule has 0 spiro atoms. The summed E-state index contributed by atoms with van der Waals surface area (Å²) >= 11 is 0. The summed E-state index contributed by atoms with van der Waals surface area (Å²) in [6.07, 6.45) is 9.49. The predicted octanol–water partition coefficient (Wildman–Crippen LogP) is 2.99. The second-order valence-electron chi connectivity index (χ2n) is 5.48. The van der Waals surface area contributed by atoms with Crippen LogP contribution in [0.4, 0.5) is 0 Å². The fourth-order valence-corrected chi connectivity index (χ4v) is 3.12. The number of rotatable bonds is 5. The van der Waals surface area contributed by atoms with Crippen molar-refractivity contribution in [1.29, 1.82) is 0 Å². The van der Waals surface area contributed by atoms with E-state index in [1.165, 1.54) is 24.8 Å². The Morgan fingerprint density at radius 2 is 2.35 bits per heavy atom. The molecule has 0 aromatic carbocycles. The molecule has 0 saturated heterocycles. The third kappa shape index (κ3) is 2.89. The Morgan fingerprint density at radius 3 is 2.94 bits per heavy atom. The average Bonchev–Trinajstić information content (AvgIpc) is 2.91. The van der Waals surface area contributed by atoms with Gasteiger partial charge in [0.25, 0.3) is 0 Å². The Hall–Kier alpha value is -0.830. The molecule has 1 N–H and O–H groups in total. The summed E-state index contributed by atoms with van der Waals surface area (Å²) in [6.45, 7) is 5.58. The van der Waals surface area contributed by atoms with Gasteiger partial charge in [-0.15, -0.1) is 0 Å². The zero-order chi connectivity index (χ0) is 12.3. The lowest BCUT2D eigenvalue weighted by molar-refractivity contribution is 0.379. The molecule has 1 fully saturated rings. The average molecular weight is 235 g/mol. The number of nitrogens with one attached hydrogen (secondary N) is 1. The summed E-state index contributed by atoms with van der Waals surface area (Å²) in [6, 6.07) is 0.491. The standard InChI is InChI=1S/C14H25N3/c1-4-7-17-10-13(9-16-17)14(15-3)12-6-5-11(2)8-12/h9-12,14-15H,4-8H2,1-3H3. The zero-order valence-corrected chi connectivity index (χ0v) is 11.3. The van der Waals surface area contributed by atoms with Crippen molar-refractivity contribution in [3.8, 4) is 0 Å². The first-order chi connectivity index (χ1) is 8.24. The van der Waals surface area contributed by atoms with E-state index in [4.69, 9.17) is 0 Å². The van der Waals surface area contributed by atoms with E-state index in [0.717, 1.165) is 24.8 Å². The van der Waals surface area contributed by atoms with E-state index in [9.17, 15) is 0 Å². The minimum atomic E-state index is 0.491. The molecule has 0 aliphatic heterocycles. The van der Waals surface area contributed by atoms with Crippen LogP contribution in [0.1, 0.15) is 51.1 Å². The number of hydrogen-bond donors (Lipinski definition) is 1. The van der Waals surface area contributed by atoms with Crippen molar-refractivity contribution in [3.05, 3.63) is 18.0 Å². The van der Waals surface area contributed by atoms with Crippen molar-refractivity contribution in [2.75, 3.05) is 7.05 Å². The minimum Gasteiger partial charge on any atom is -0.313 e. The zero-order valence-electron chi connectivity index (χ0n) is 11.3. The quantitative estimate of drug-likeness (QED) is 0.850. The van der Waals surface area contributed by atoms with Crippen LogP contribution in [-0.4, -0.2) is 16.8 Å². The normalized spacial score (nSPS) is 26.3. The van der Waals surface area contributed by atoms with Gasteiger partial charge in [-0.2, -0.15) is 5.10 Å². The highest BCUT2D eigenvalue weighted by molar-refractivity contribution is 5.12. The van der Waals surface area contributed by atoms with Crippen LogP contribution in [0, 0.1) is 11.8 Å². The molecule has 2 rings (SSSR count). The van der Waals surface area contributed by atoms with E-state index >= 15 is 0 Å². The molecule has 3 unspecified atom stereocenters. The van der Waals surface area contributed by atoms with E-state index in [0.29, 0.717) is 6.04 Å². The van der Waals surface area contributed by atoms with Crippen LogP contribution >= 0.6 is 0 Å². The maximum atomic E-state index is 4.44. The highest BCUT2D eigenvalue weighted by Crippen LogP contribution is 2.38. The van der Waals surface area contributed by atoms with Gasteiger partial charge in [-0.05, 0) is 38.1 Å². The molecule has 0 amide bonds. The smallest absolute Gasteiger partial charge is 0.0537 e. The van der Waals surface area contributed by atoms with Gasteiger partial charge in [0.2, 0.25) is 0 Å². The molecular formula is C14H25N3. The molecule has 1 aliphatic rings. The molecule has 3 atom stereocenters. The highest BCUT2D eigenvalue weighted by atomic mass is 15.3. The van der Waals surface area contributed by atoms with Crippen LogP contribution in [-0.2, 0) is 6.54 Å². The summed E-state index contributed by atoms with van der Waals surface area (Å²) in [5.74, 6) is 1.68. The monoisotopic (exact) mass is 235 g/mol. The molecule has 3 heteroatoms. The first kappa shape index (κ1) is 12.6. The van der Waals surface area contributed by atoms with Crippen LogP contribution < -0.4 is 5.32 Å². The number of aryl methyl sites for hydroxylation is 1. The molecule has 96 valence electrons. The Balaban J connectivity index is 2.06. The number of nitrogens with zero attached hydrogens (tertiary/aromatic N) is 2. The topological polar surface area (TPSA) is 29.9 Å². The summed E-state index contributed by atoms with van der Waals surface area (Å²) in [4.78, 5) is 0. The second-order valence-corrected chi connectivity index (χ2v) is 5.48. The van der Waals surface area contributed by atoms with Crippen molar-refractivity contribution >= 4 is 0 Å². The predicted molar refractivity (Wildman–Crippen MR) is 70.8 cm³/mol. The third-order valence-corrected chi connectivity index (χ3v) is 3.98. The van der Waals surface area contributed by atoms with Crippen LogP contribution in [0.25, 0.3) is 0 Å². The Kier molecular flexibility index (Phi) is 4.21. The second kappa shape index (κ2) is 5.67. The van der Waals surface area contributed by atoms with Gasteiger partial charge >= 0.3 is 0 Å². The summed E-state index contributed by atoms with van der Waals surface area (Å²) in [5.41, 5.74) is 1.36. The van der Waals surface area contributed by atoms with Gasteiger partial charge in [0.15, 0.2) is 0 Å².